The van der Waals surface area contributed by atoms with Gasteiger partial charge in [0, 0.05) is 18.3 Å². The summed E-state index contributed by atoms with van der Waals surface area (Å²) >= 11 is 0. The predicted octanol–water partition coefficient (Wildman–Crippen LogP) is 2.04. The zero-order valence-electron chi connectivity index (χ0n) is 16.0. The van der Waals surface area contributed by atoms with Crippen LogP contribution >= 0.6 is 0 Å². The van der Waals surface area contributed by atoms with E-state index in [1.54, 1.807) is 0 Å². The van der Waals surface area contributed by atoms with E-state index in [2.05, 4.69) is 15.3 Å². The summed E-state index contributed by atoms with van der Waals surface area (Å²) in [5.74, 6) is -0.477. The number of aromatic nitrogens is 3. The summed E-state index contributed by atoms with van der Waals surface area (Å²) in [5, 5.41) is 2.93. The lowest BCUT2D eigenvalue weighted by Crippen LogP contribution is -2.41. The Bertz CT molecular complexity index is 1070. The predicted molar refractivity (Wildman–Crippen MR) is 100 cm³/mol. The Morgan fingerprint density at radius 3 is 2.73 bits per heavy atom. The van der Waals surface area contributed by atoms with Crippen LogP contribution < -0.4 is 16.6 Å². The van der Waals surface area contributed by atoms with Crippen LogP contribution in [0.5, 0.6) is 0 Å². The molecule has 2 fully saturated rings. The highest BCUT2D eigenvalue weighted by atomic mass is 19.4. The average molecular weight is 426 g/mol. The van der Waals surface area contributed by atoms with Crippen molar-refractivity contribution in [2.75, 3.05) is 6.61 Å². The molecule has 0 aliphatic heterocycles. The number of nitrogens with one attached hydrogen (secondary N) is 2. The van der Waals surface area contributed by atoms with E-state index in [1.165, 1.54) is 16.8 Å². The Morgan fingerprint density at radius 1 is 1.27 bits per heavy atom. The van der Waals surface area contributed by atoms with Crippen molar-refractivity contribution in [3.05, 3.63) is 38.7 Å². The zero-order chi connectivity index (χ0) is 21.5. The molecule has 2 aromatic rings. The van der Waals surface area contributed by atoms with Crippen LogP contribution in [0, 0.1) is 0 Å². The van der Waals surface area contributed by atoms with E-state index in [9.17, 15) is 27.6 Å². The molecule has 2 aliphatic carbocycles. The smallest absolute Gasteiger partial charge is 0.369 e. The van der Waals surface area contributed by atoms with Gasteiger partial charge in [0.25, 0.3) is 11.5 Å². The number of hydrogen-bond donors (Lipinski definition) is 2. The minimum absolute atomic E-state index is 0.0000953. The maximum absolute atomic E-state index is 12.6. The van der Waals surface area contributed by atoms with E-state index in [0.29, 0.717) is 19.3 Å². The number of H-pyrrole nitrogens is 1. The highest BCUT2D eigenvalue weighted by Gasteiger charge is 2.32. The van der Waals surface area contributed by atoms with Crippen molar-refractivity contribution in [2.45, 2.75) is 62.9 Å². The molecule has 30 heavy (non-hydrogen) atoms. The molecule has 0 saturated heterocycles. The van der Waals surface area contributed by atoms with Gasteiger partial charge >= 0.3 is 11.9 Å². The maximum Gasteiger partial charge on any atom is 0.411 e. The number of pyridine rings is 1. The number of halogens is 3. The number of ether oxygens (including phenoxy) is 1. The van der Waals surface area contributed by atoms with Crippen LogP contribution in [-0.4, -0.2) is 45.4 Å². The van der Waals surface area contributed by atoms with E-state index in [4.69, 9.17) is 4.74 Å². The van der Waals surface area contributed by atoms with E-state index < -0.39 is 36.0 Å². The van der Waals surface area contributed by atoms with Crippen molar-refractivity contribution >= 4 is 16.9 Å². The Kier molecular flexibility index (Phi) is 5.39. The number of nitrogens with zero attached hydrogens (tertiary/aromatic N) is 2. The summed E-state index contributed by atoms with van der Waals surface area (Å²) in [6.07, 6.45) is 0.0397. The van der Waals surface area contributed by atoms with Crippen molar-refractivity contribution in [1.29, 1.82) is 0 Å². The van der Waals surface area contributed by atoms with Crippen LogP contribution in [0.2, 0.25) is 0 Å². The number of carbonyl (C=O) groups is 1. The third-order valence-corrected chi connectivity index (χ3v) is 5.40. The molecule has 2 N–H and O–H groups in total. The Labute approximate surface area is 168 Å². The highest BCUT2D eigenvalue weighted by Crippen LogP contribution is 2.34. The molecule has 4 rings (SSSR count). The number of amides is 1. The lowest BCUT2D eigenvalue weighted by Gasteiger charge is -2.30. The Balaban J connectivity index is 1.48. The van der Waals surface area contributed by atoms with Gasteiger partial charge in [-0.2, -0.15) is 13.2 Å². The molecule has 2 saturated carbocycles. The molecule has 2 heterocycles. The van der Waals surface area contributed by atoms with Gasteiger partial charge in [-0.05, 0) is 44.6 Å². The second-order valence-corrected chi connectivity index (χ2v) is 7.84. The third kappa shape index (κ3) is 4.55. The molecule has 162 valence electrons. The minimum Gasteiger partial charge on any atom is -0.369 e. The van der Waals surface area contributed by atoms with E-state index in [-0.39, 0.29) is 35.1 Å². The maximum atomic E-state index is 12.6. The van der Waals surface area contributed by atoms with Crippen molar-refractivity contribution < 1.29 is 22.7 Å². The zero-order valence-corrected chi connectivity index (χ0v) is 16.0. The second kappa shape index (κ2) is 7.86. The first-order valence-electron chi connectivity index (χ1n) is 9.85. The van der Waals surface area contributed by atoms with Gasteiger partial charge in [-0.15, -0.1) is 0 Å². The van der Waals surface area contributed by atoms with Crippen LogP contribution in [0.25, 0.3) is 11.0 Å². The molecule has 0 aromatic carbocycles. The van der Waals surface area contributed by atoms with Crippen molar-refractivity contribution in [3.63, 3.8) is 0 Å². The molecule has 0 spiro atoms. The summed E-state index contributed by atoms with van der Waals surface area (Å²) < 4.78 is 43.4. The molecular weight excluding hydrogens is 405 g/mol. The van der Waals surface area contributed by atoms with E-state index in [1.807, 2.05) is 0 Å². The molecule has 0 bridgehead atoms. The minimum atomic E-state index is -4.39. The summed E-state index contributed by atoms with van der Waals surface area (Å²) in [6.45, 7) is -1.31. The summed E-state index contributed by atoms with van der Waals surface area (Å²) in [7, 11) is 0. The first-order valence-corrected chi connectivity index (χ1v) is 9.85. The molecule has 2 atom stereocenters. The third-order valence-electron chi connectivity index (χ3n) is 5.40. The number of hydrogen-bond acceptors (Lipinski definition) is 5. The standard InChI is InChI=1S/C19H21F3N4O4/c20-19(21,22)9-30-13-3-1-2-11(7-13)24-16(27)10-6-14-15(23-8-10)26(12-4-5-12)18(29)25-17(14)28/h6,8,11-13H,1-5,7,9H2,(H,24,27)(H,25,28,29). The molecular formula is C19H21F3N4O4. The Hall–Kier alpha value is -2.69. The fourth-order valence-corrected chi connectivity index (χ4v) is 3.84. The summed E-state index contributed by atoms with van der Waals surface area (Å²) in [5.41, 5.74) is -0.757. The SMILES string of the molecule is O=C(NC1CCCC(OCC(F)(F)F)C1)c1cnc2c(c1)c(=O)[nH]c(=O)n2C1CC1. The average Bonchev–Trinajstić information content (AvgIpc) is 3.51. The fraction of sp³-hybridized carbons (Fsp3) is 0.579. The molecule has 2 aliphatic rings. The van der Waals surface area contributed by atoms with Gasteiger partial charge in [0.15, 0.2) is 0 Å². The summed E-state index contributed by atoms with van der Waals surface area (Å²) in [6, 6.07) is 1.05. The van der Waals surface area contributed by atoms with Crippen LogP contribution in [0.4, 0.5) is 13.2 Å². The van der Waals surface area contributed by atoms with Crippen molar-refractivity contribution in [3.8, 4) is 0 Å². The van der Waals surface area contributed by atoms with Crippen LogP contribution in [0.1, 0.15) is 54.9 Å². The quantitative estimate of drug-likeness (QED) is 0.761. The van der Waals surface area contributed by atoms with Gasteiger partial charge in [0.05, 0.1) is 17.1 Å². The van der Waals surface area contributed by atoms with Crippen LogP contribution in [-0.2, 0) is 4.74 Å². The topological polar surface area (TPSA) is 106 Å². The molecule has 11 heteroatoms. The van der Waals surface area contributed by atoms with Gasteiger partial charge in [-0.3, -0.25) is 19.1 Å². The number of rotatable bonds is 5. The normalized spacial score (nSPS) is 22.2. The van der Waals surface area contributed by atoms with Gasteiger partial charge in [-0.25, -0.2) is 9.78 Å². The van der Waals surface area contributed by atoms with Gasteiger partial charge in [-0.1, -0.05) is 0 Å². The molecule has 1 amide bonds. The number of aromatic amines is 1. The Morgan fingerprint density at radius 2 is 2.03 bits per heavy atom. The molecule has 2 unspecified atom stereocenters. The van der Waals surface area contributed by atoms with Crippen molar-refractivity contribution in [1.82, 2.24) is 19.9 Å². The van der Waals surface area contributed by atoms with Gasteiger partial charge in [0.1, 0.15) is 12.3 Å². The van der Waals surface area contributed by atoms with Crippen LogP contribution in [0.3, 0.4) is 0 Å². The molecule has 8 nitrogen and oxygen atoms in total. The lowest BCUT2D eigenvalue weighted by atomic mass is 9.92. The molecule has 2 aromatic heterocycles. The first-order chi connectivity index (χ1) is 14.2. The number of carbonyl (C=O) groups excluding carboxylic acids is 1. The van der Waals surface area contributed by atoms with E-state index in [0.717, 1.165) is 12.8 Å². The van der Waals surface area contributed by atoms with Crippen molar-refractivity contribution in [2.24, 2.45) is 0 Å². The second-order valence-electron chi connectivity index (χ2n) is 7.84. The number of alkyl halides is 3. The first kappa shape index (κ1) is 20.6. The van der Waals surface area contributed by atoms with Gasteiger partial charge < -0.3 is 10.1 Å². The summed E-state index contributed by atoms with van der Waals surface area (Å²) in [4.78, 5) is 43.3. The largest absolute Gasteiger partial charge is 0.411 e. The highest BCUT2D eigenvalue weighted by molar-refractivity contribution is 5.96. The lowest BCUT2D eigenvalue weighted by molar-refractivity contribution is -0.188. The van der Waals surface area contributed by atoms with E-state index >= 15 is 0 Å². The fourth-order valence-electron chi connectivity index (χ4n) is 3.84. The van der Waals surface area contributed by atoms with Gasteiger partial charge in [0.2, 0.25) is 0 Å². The van der Waals surface area contributed by atoms with Crippen LogP contribution in [0.15, 0.2) is 21.9 Å². The number of fused-ring (bicyclic) bond motifs is 1. The molecule has 0 radical (unpaired) electrons. The monoisotopic (exact) mass is 426 g/mol.